The zero-order valence-electron chi connectivity index (χ0n) is 18.9. The van der Waals surface area contributed by atoms with Gasteiger partial charge in [-0.25, -0.2) is 9.59 Å². The highest BCUT2D eigenvalue weighted by molar-refractivity contribution is 7.09. The van der Waals surface area contributed by atoms with Crippen LogP contribution < -0.4 is 5.32 Å². The lowest BCUT2D eigenvalue weighted by Gasteiger charge is -2.27. The molecule has 2 amide bonds. The van der Waals surface area contributed by atoms with Crippen molar-refractivity contribution < 1.29 is 24.2 Å². The second-order valence-corrected chi connectivity index (χ2v) is 9.69. The molecule has 0 radical (unpaired) electrons. The number of nitrogens with one attached hydrogen (secondary N) is 1. The van der Waals surface area contributed by atoms with E-state index in [1.54, 1.807) is 11.7 Å². The number of alkyl carbamates (subject to hydrolysis) is 1. The maximum Gasteiger partial charge on any atom is 0.407 e. The molecule has 2 atom stereocenters. The Labute approximate surface area is 206 Å². The van der Waals surface area contributed by atoms with Gasteiger partial charge in [0.1, 0.15) is 18.7 Å². The maximum absolute atomic E-state index is 13.3. The van der Waals surface area contributed by atoms with Crippen molar-refractivity contribution in [2.45, 2.75) is 37.3 Å². The summed E-state index contributed by atoms with van der Waals surface area (Å²) in [6.45, 7) is 0.476. The molecule has 2 N–H and O–H groups in total. The fourth-order valence-electron chi connectivity index (χ4n) is 5.01. The molecule has 9 heteroatoms. The third-order valence-corrected chi connectivity index (χ3v) is 7.45. The molecule has 1 aliphatic heterocycles. The molecule has 0 bridgehead atoms. The van der Waals surface area contributed by atoms with E-state index in [1.807, 2.05) is 36.4 Å². The van der Waals surface area contributed by atoms with E-state index in [1.165, 1.54) is 16.2 Å². The summed E-state index contributed by atoms with van der Waals surface area (Å²) in [5.74, 6) is -1.55. The Balaban J connectivity index is 1.30. The van der Waals surface area contributed by atoms with Gasteiger partial charge in [0, 0.05) is 30.0 Å². The van der Waals surface area contributed by atoms with Gasteiger partial charge in [0.25, 0.3) is 0 Å². The number of carbonyl (C=O) groups is 3. The predicted octanol–water partition coefficient (Wildman–Crippen LogP) is 3.67. The lowest BCUT2D eigenvalue weighted by Crippen LogP contribution is -2.52. The molecule has 35 heavy (non-hydrogen) atoms. The summed E-state index contributed by atoms with van der Waals surface area (Å²) in [6, 6.07) is 14.3. The van der Waals surface area contributed by atoms with E-state index < -0.39 is 30.1 Å². The van der Waals surface area contributed by atoms with Crippen molar-refractivity contribution in [1.29, 1.82) is 0 Å². The minimum Gasteiger partial charge on any atom is -0.480 e. The van der Waals surface area contributed by atoms with E-state index >= 15 is 0 Å². The molecular weight excluding hydrogens is 466 g/mol. The van der Waals surface area contributed by atoms with Gasteiger partial charge < -0.3 is 20.1 Å². The van der Waals surface area contributed by atoms with E-state index in [-0.39, 0.29) is 18.9 Å². The number of likely N-dealkylation sites (tertiary alicyclic amines) is 1. The summed E-state index contributed by atoms with van der Waals surface area (Å²) in [6.07, 6.45) is 2.17. The first-order valence-electron chi connectivity index (χ1n) is 11.5. The summed E-state index contributed by atoms with van der Waals surface area (Å²) < 4.78 is 5.63. The number of aliphatic carboxylic acids is 1. The molecule has 3 aromatic rings. The number of aromatic nitrogens is 1. The van der Waals surface area contributed by atoms with Gasteiger partial charge in [0.2, 0.25) is 5.91 Å². The molecule has 1 unspecified atom stereocenters. The van der Waals surface area contributed by atoms with E-state index in [0.717, 1.165) is 27.1 Å². The maximum atomic E-state index is 13.3. The summed E-state index contributed by atoms with van der Waals surface area (Å²) in [7, 11) is 0. The lowest BCUT2D eigenvalue weighted by molar-refractivity contribution is -0.148. The number of ether oxygens (including phenoxy) is 1. The van der Waals surface area contributed by atoms with Crippen LogP contribution in [0, 0.1) is 0 Å². The minimum absolute atomic E-state index is 0.0984. The number of amides is 2. The van der Waals surface area contributed by atoms with Crippen molar-refractivity contribution in [3.05, 3.63) is 76.2 Å². The fourth-order valence-corrected chi connectivity index (χ4v) is 5.66. The topological polar surface area (TPSA) is 109 Å². The first-order valence-corrected chi connectivity index (χ1v) is 12.4. The van der Waals surface area contributed by atoms with Crippen LogP contribution in [0.15, 0.2) is 60.2 Å². The summed E-state index contributed by atoms with van der Waals surface area (Å²) in [4.78, 5) is 44.0. The van der Waals surface area contributed by atoms with Crippen LogP contribution in [0.5, 0.6) is 0 Å². The standard InChI is InChI=1S/C26H25N3O5S/c30-24(29-11-5-10-23(29)25(31)32)22(12-16-13-27-15-35-16)28-26(33)34-14-21-19-8-3-1-6-17(19)18-7-2-4-9-20(18)21/h1-4,6-9,13,15,21-23H,5,10-12,14H2,(H,28,33)(H,31,32)/t22?,23-/m1/s1. The number of benzene rings is 2. The van der Waals surface area contributed by atoms with Crippen molar-refractivity contribution in [1.82, 2.24) is 15.2 Å². The number of carbonyl (C=O) groups excluding carboxylic acids is 2. The highest BCUT2D eigenvalue weighted by atomic mass is 32.1. The number of hydrogen-bond donors (Lipinski definition) is 2. The van der Waals surface area contributed by atoms with Crippen molar-refractivity contribution in [3.8, 4) is 11.1 Å². The first kappa shape index (κ1) is 23.0. The van der Waals surface area contributed by atoms with Crippen molar-refractivity contribution in [2.75, 3.05) is 13.2 Å². The fraction of sp³-hybridized carbons (Fsp3) is 0.308. The van der Waals surface area contributed by atoms with Crippen LogP contribution in [0.3, 0.4) is 0 Å². The number of nitrogens with zero attached hydrogens (tertiary/aromatic N) is 2. The molecule has 1 saturated heterocycles. The van der Waals surface area contributed by atoms with Gasteiger partial charge in [0.15, 0.2) is 0 Å². The molecule has 5 rings (SSSR count). The van der Waals surface area contributed by atoms with Gasteiger partial charge in [-0.1, -0.05) is 48.5 Å². The molecule has 2 aromatic carbocycles. The summed E-state index contributed by atoms with van der Waals surface area (Å²) in [5, 5.41) is 12.2. The Morgan fingerprint density at radius 2 is 1.80 bits per heavy atom. The quantitative estimate of drug-likeness (QED) is 0.522. The first-order chi connectivity index (χ1) is 17.0. The number of hydrogen-bond acceptors (Lipinski definition) is 6. The Kier molecular flexibility index (Phi) is 6.50. The largest absolute Gasteiger partial charge is 0.480 e. The Hall–Kier alpha value is -3.72. The molecule has 180 valence electrons. The van der Waals surface area contributed by atoms with Crippen LogP contribution in [-0.2, 0) is 20.7 Å². The van der Waals surface area contributed by atoms with Crippen LogP contribution in [0.2, 0.25) is 0 Å². The molecule has 2 aliphatic rings. The van der Waals surface area contributed by atoms with E-state index in [0.29, 0.717) is 19.4 Å². The minimum atomic E-state index is -1.03. The molecule has 0 spiro atoms. The van der Waals surface area contributed by atoms with Gasteiger partial charge in [-0.05, 0) is 35.1 Å². The highest BCUT2D eigenvalue weighted by Crippen LogP contribution is 2.44. The van der Waals surface area contributed by atoms with E-state index in [2.05, 4.69) is 22.4 Å². The number of rotatable bonds is 7. The Morgan fingerprint density at radius 1 is 1.11 bits per heavy atom. The average Bonchev–Trinajstić information content (AvgIpc) is 3.61. The van der Waals surface area contributed by atoms with Crippen molar-refractivity contribution in [3.63, 3.8) is 0 Å². The van der Waals surface area contributed by atoms with Crippen molar-refractivity contribution >= 4 is 29.3 Å². The molecule has 8 nitrogen and oxygen atoms in total. The molecule has 0 saturated carbocycles. The van der Waals surface area contributed by atoms with Crippen LogP contribution in [-0.4, -0.2) is 58.2 Å². The molecule has 1 aliphatic carbocycles. The van der Waals surface area contributed by atoms with Crippen LogP contribution in [0.1, 0.15) is 34.8 Å². The lowest BCUT2D eigenvalue weighted by atomic mass is 9.98. The predicted molar refractivity (Wildman–Crippen MR) is 130 cm³/mol. The van der Waals surface area contributed by atoms with E-state index in [4.69, 9.17) is 4.74 Å². The normalized spacial score (nSPS) is 17.5. The molecule has 1 aromatic heterocycles. The van der Waals surface area contributed by atoms with Crippen LogP contribution in [0.25, 0.3) is 11.1 Å². The Morgan fingerprint density at radius 3 is 2.43 bits per heavy atom. The molecule has 1 fully saturated rings. The third kappa shape index (κ3) is 4.64. The number of thiazole rings is 1. The second-order valence-electron chi connectivity index (χ2n) is 8.72. The van der Waals surface area contributed by atoms with Gasteiger partial charge >= 0.3 is 12.1 Å². The monoisotopic (exact) mass is 491 g/mol. The summed E-state index contributed by atoms with van der Waals surface area (Å²) >= 11 is 1.37. The van der Waals surface area contributed by atoms with Gasteiger partial charge in [-0.3, -0.25) is 9.78 Å². The van der Waals surface area contributed by atoms with Gasteiger partial charge in [0.05, 0.1) is 5.51 Å². The zero-order valence-corrected chi connectivity index (χ0v) is 19.7. The third-order valence-electron chi connectivity index (χ3n) is 6.64. The smallest absolute Gasteiger partial charge is 0.407 e. The molecule has 2 heterocycles. The number of fused-ring (bicyclic) bond motifs is 3. The second kappa shape index (κ2) is 9.87. The SMILES string of the molecule is O=C(NC(Cc1cncs1)C(=O)N1CCC[C@@H]1C(=O)O)OCC1c2ccccc2-c2ccccc21. The van der Waals surface area contributed by atoms with E-state index in [9.17, 15) is 19.5 Å². The summed E-state index contributed by atoms with van der Waals surface area (Å²) in [5.41, 5.74) is 6.11. The zero-order chi connectivity index (χ0) is 24.4. The number of carboxylic acid groups (broad SMARTS) is 1. The molecular formula is C26H25N3O5S. The van der Waals surface area contributed by atoms with Crippen LogP contribution in [0.4, 0.5) is 4.79 Å². The number of carboxylic acids is 1. The van der Waals surface area contributed by atoms with Gasteiger partial charge in [-0.15, -0.1) is 11.3 Å². The highest BCUT2D eigenvalue weighted by Gasteiger charge is 2.38. The Bertz CT molecular complexity index is 1200. The van der Waals surface area contributed by atoms with Gasteiger partial charge in [-0.2, -0.15) is 0 Å². The van der Waals surface area contributed by atoms with Crippen LogP contribution >= 0.6 is 11.3 Å². The van der Waals surface area contributed by atoms with Crippen molar-refractivity contribution in [2.24, 2.45) is 0 Å². The average molecular weight is 492 g/mol.